The zero-order chi connectivity index (χ0) is 14.0. The fourth-order valence-corrected chi connectivity index (χ4v) is 4.61. The number of anilines is 1. The van der Waals surface area contributed by atoms with Crippen molar-refractivity contribution in [2.45, 2.75) is 10.8 Å². The van der Waals surface area contributed by atoms with Gasteiger partial charge in [-0.2, -0.15) is 0 Å². The van der Waals surface area contributed by atoms with Gasteiger partial charge in [-0.1, -0.05) is 11.6 Å². The summed E-state index contributed by atoms with van der Waals surface area (Å²) in [5.74, 6) is 0. The topological polar surface area (TPSA) is 66.4 Å². The summed E-state index contributed by atoms with van der Waals surface area (Å²) in [5.41, 5.74) is 0.334. The van der Waals surface area contributed by atoms with Gasteiger partial charge < -0.3 is 5.11 Å². The first-order chi connectivity index (χ1) is 8.92. The third-order valence-electron chi connectivity index (χ3n) is 2.23. The number of sulfonamides is 1. The molecule has 2 aromatic rings. The molecule has 8 heteroatoms. The number of thiophene rings is 1. The number of hydrogen-bond acceptors (Lipinski definition) is 4. The highest BCUT2D eigenvalue weighted by Crippen LogP contribution is 2.28. The molecule has 4 nitrogen and oxygen atoms in total. The van der Waals surface area contributed by atoms with Crippen molar-refractivity contribution >= 4 is 61.2 Å². The molecule has 0 aliphatic carbocycles. The molecule has 0 spiro atoms. The molecule has 2 N–H and O–H groups in total. The number of aliphatic hydroxyl groups is 1. The Kier molecular flexibility index (Phi) is 4.72. The molecule has 0 saturated heterocycles. The second-order valence-corrected chi connectivity index (χ2v) is 8.34. The van der Waals surface area contributed by atoms with E-state index in [9.17, 15) is 8.42 Å². The van der Waals surface area contributed by atoms with Gasteiger partial charge in [0.25, 0.3) is 10.0 Å². The quantitative estimate of drug-likeness (QED) is 0.733. The Morgan fingerprint density at radius 3 is 2.63 bits per heavy atom. The molecule has 2 rings (SSSR count). The molecule has 0 saturated carbocycles. The summed E-state index contributed by atoms with van der Waals surface area (Å²) >= 11 is 9.10. The first-order valence-electron chi connectivity index (χ1n) is 5.10. The minimum absolute atomic E-state index is 0.145. The highest BCUT2D eigenvalue weighted by atomic mass is 127. The van der Waals surface area contributed by atoms with Crippen molar-refractivity contribution in [3.63, 3.8) is 0 Å². The van der Waals surface area contributed by atoms with Crippen LogP contribution in [0.25, 0.3) is 0 Å². The summed E-state index contributed by atoms with van der Waals surface area (Å²) in [4.78, 5) is 0.592. The average molecular weight is 430 g/mol. The van der Waals surface area contributed by atoms with Crippen molar-refractivity contribution in [3.8, 4) is 0 Å². The molecule has 0 atom stereocenters. The van der Waals surface area contributed by atoms with Crippen LogP contribution in [0.3, 0.4) is 0 Å². The summed E-state index contributed by atoms with van der Waals surface area (Å²) in [6.07, 6.45) is 0. The number of halogens is 2. The van der Waals surface area contributed by atoms with Gasteiger partial charge in [-0.25, -0.2) is 8.42 Å². The number of aliphatic hydroxyl groups excluding tert-OH is 1. The lowest BCUT2D eigenvalue weighted by Gasteiger charge is -2.08. The van der Waals surface area contributed by atoms with E-state index in [4.69, 9.17) is 16.7 Å². The largest absolute Gasteiger partial charge is 0.391 e. The predicted octanol–water partition coefficient (Wildman–Crippen LogP) is 3.30. The zero-order valence-electron chi connectivity index (χ0n) is 9.43. The minimum Gasteiger partial charge on any atom is -0.391 e. The van der Waals surface area contributed by atoms with Crippen LogP contribution in [0.1, 0.15) is 4.88 Å². The Balaban J connectivity index is 2.30. The number of benzene rings is 1. The van der Waals surface area contributed by atoms with Crippen molar-refractivity contribution in [2.75, 3.05) is 4.72 Å². The fourth-order valence-electron chi connectivity index (χ4n) is 1.35. The Labute approximate surface area is 133 Å². The molecule has 0 unspecified atom stereocenters. The van der Waals surface area contributed by atoms with E-state index in [0.29, 0.717) is 15.6 Å². The van der Waals surface area contributed by atoms with E-state index in [1.54, 1.807) is 24.3 Å². The Bertz CT molecular complexity index is 700. The summed E-state index contributed by atoms with van der Waals surface area (Å²) in [5, 5.41) is 9.30. The van der Waals surface area contributed by atoms with Gasteiger partial charge in [0, 0.05) is 8.45 Å². The normalized spacial score (nSPS) is 11.5. The third-order valence-corrected chi connectivity index (χ3v) is 6.14. The van der Waals surface area contributed by atoms with Crippen LogP contribution in [-0.4, -0.2) is 13.5 Å². The lowest BCUT2D eigenvalue weighted by Crippen LogP contribution is -2.11. The molecule has 0 bridgehead atoms. The van der Waals surface area contributed by atoms with Crippen LogP contribution in [0.2, 0.25) is 5.02 Å². The fraction of sp³-hybridized carbons (Fsp3) is 0.0909. The summed E-state index contributed by atoms with van der Waals surface area (Å²) in [6, 6.07) is 8.08. The molecule has 0 amide bonds. The van der Waals surface area contributed by atoms with Gasteiger partial charge in [0.1, 0.15) is 4.21 Å². The number of nitrogens with one attached hydrogen (secondary N) is 1. The Morgan fingerprint density at radius 1 is 1.32 bits per heavy atom. The number of hydrogen-bond donors (Lipinski definition) is 2. The lowest BCUT2D eigenvalue weighted by molar-refractivity contribution is 0.285. The van der Waals surface area contributed by atoms with Gasteiger partial charge in [-0.05, 0) is 52.9 Å². The van der Waals surface area contributed by atoms with E-state index < -0.39 is 10.0 Å². The van der Waals surface area contributed by atoms with Crippen molar-refractivity contribution < 1.29 is 13.5 Å². The van der Waals surface area contributed by atoms with E-state index in [-0.39, 0.29) is 10.8 Å². The highest BCUT2D eigenvalue weighted by molar-refractivity contribution is 14.1. The van der Waals surface area contributed by atoms with E-state index in [2.05, 4.69) is 27.3 Å². The second-order valence-electron chi connectivity index (χ2n) is 3.61. The molecule has 0 aliphatic rings. The van der Waals surface area contributed by atoms with Crippen LogP contribution in [-0.2, 0) is 16.6 Å². The molecule has 0 aliphatic heterocycles. The first kappa shape index (κ1) is 15.0. The van der Waals surface area contributed by atoms with Crippen LogP contribution >= 0.6 is 45.5 Å². The van der Waals surface area contributed by atoms with E-state index in [1.807, 2.05) is 0 Å². The SMILES string of the molecule is O=S(=O)(Nc1ccc(I)cc1Cl)c1ccc(CO)s1. The Hall–Kier alpha value is -0.350. The Morgan fingerprint density at radius 2 is 2.05 bits per heavy atom. The molecule has 0 radical (unpaired) electrons. The van der Waals surface area contributed by atoms with Crippen LogP contribution in [0.4, 0.5) is 5.69 Å². The molecule has 1 aromatic heterocycles. The van der Waals surface area contributed by atoms with Crippen molar-refractivity contribution in [1.82, 2.24) is 0 Å². The van der Waals surface area contributed by atoms with Crippen molar-refractivity contribution in [2.24, 2.45) is 0 Å². The van der Waals surface area contributed by atoms with E-state index in [1.165, 1.54) is 6.07 Å². The minimum atomic E-state index is -3.67. The predicted molar refractivity (Wildman–Crippen MR) is 85.2 cm³/mol. The van der Waals surface area contributed by atoms with Crippen molar-refractivity contribution in [3.05, 3.63) is 43.8 Å². The molecule has 1 aromatic carbocycles. The van der Waals surface area contributed by atoms with Crippen LogP contribution < -0.4 is 4.72 Å². The van der Waals surface area contributed by atoms with Gasteiger partial charge in [-0.15, -0.1) is 11.3 Å². The van der Waals surface area contributed by atoms with Crippen LogP contribution in [0.5, 0.6) is 0 Å². The average Bonchev–Trinajstić information content (AvgIpc) is 2.82. The van der Waals surface area contributed by atoms with Gasteiger partial charge in [0.05, 0.1) is 17.3 Å². The van der Waals surface area contributed by atoms with Gasteiger partial charge in [0.15, 0.2) is 0 Å². The van der Waals surface area contributed by atoms with Crippen molar-refractivity contribution in [1.29, 1.82) is 0 Å². The smallest absolute Gasteiger partial charge is 0.271 e. The van der Waals surface area contributed by atoms with Gasteiger partial charge in [-0.3, -0.25) is 4.72 Å². The van der Waals surface area contributed by atoms with E-state index >= 15 is 0 Å². The molecular weight excluding hydrogens is 421 g/mol. The maximum Gasteiger partial charge on any atom is 0.271 e. The monoisotopic (exact) mass is 429 g/mol. The maximum absolute atomic E-state index is 12.1. The second kappa shape index (κ2) is 5.96. The number of rotatable bonds is 4. The molecule has 19 heavy (non-hydrogen) atoms. The molecular formula is C11H9ClINO3S2. The molecule has 1 heterocycles. The lowest BCUT2D eigenvalue weighted by atomic mass is 10.3. The zero-order valence-corrected chi connectivity index (χ0v) is 14.0. The molecule has 0 fully saturated rings. The first-order valence-corrected chi connectivity index (χ1v) is 8.85. The van der Waals surface area contributed by atoms with Gasteiger partial charge in [0.2, 0.25) is 0 Å². The van der Waals surface area contributed by atoms with Crippen LogP contribution in [0.15, 0.2) is 34.5 Å². The third kappa shape index (κ3) is 3.60. The summed E-state index contributed by atoms with van der Waals surface area (Å²) < 4.78 is 27.7. The summed E-state index contributed by atoms with van der Waals surface area (Å²) in [6.45, 7) is -0.176. The van der Waals surface area contributed by atoms with Gasteiger partial charge >= 0.3 is 0 Å². The highest BCUT2D eigenvalue weighted by Gasteiger charge is 2.18. The van der Waals surface area contributed by atoms with Crippen LogP contribution in [0, 0.1) is 3.57 Å². The molecule has 102 valence electrons. The van der Waals surface area contributed by atoms with E-state index in [0.717, 1.165) is 14.9 Å². The maximum atomic E-state index is 12.1. The summed E-state index contributed by atoms with van der Waals surface area (Å²) in [7, 11) is -3.67. The standard InChI is InChI=1S/C11H9ClINO3S2/c12-9-5-7(13)1-3-10(9)14-19(16,17)11-4-2-8(6-15)18-11/h1-5,14-15H,6H2.